The van der Waals surface area contributed by atoms with Crippen LogP contribution in [0.15, 0.2) is 60.7 Å². The molecule has 32 heteroatoms. The number of carbonyl (C=O) groups is 14. The van der Waals surface area contributed by atoms with Gasteiger partial charge in [0.15, 0.2) is 0 Å². The summed E-state index contributed by atoms with van der Waals surface area (Å²) in [6.07, 6.45) is 0.998. The van der Waals surface area contributed by atoms with Crippen molar-refractivity contribution in [1.82, 2.24) is 58.5 Å². The van der Waals surface area contributed by atoms with Crippen LogP contribution >= 0.6 is 11.8 Å². The van der Waals surface area contributed by atoms with Crippen LogP contribution in [-0.4, -0.2) is 197 Å². The largest absolute Gasteiger partial charge is 0.481 e. The van der Waals surface area contributed by atoms with Crippen molar-refractivity contribution in [2.24, 2.45) is 29.0 Å². The first kappa shape index (κ1) is 78.3. The third-order valence-corrected chi connectivity index (χ3v) is 14.8. The summed E-state index contributed by atoms with van der Waals surface area (Å²) in [5, 5.41) is 55.2. The number of unbranched alkanes of at least 4 members (excludes halogenated alkanes) is 1. The molecule has 2 rings (SSSR count). The zero-order chi connectivity index (χ0) is 68.3. The molecule has 0 saturated heterocycles. The lowest BCUT2D eigenvalue weighted by molar-refractivity contribution is -0.143. The maximum absolute atomic E-state index is 14.2. The van der Waals surface area contributed by atoms with Gasteiger partial charge in [0.25, 0.3) is 0 Å². The molecular weight excluding hydrogens is 1210 g/mol. The van der Waals surface area contributed by atoms with Crippen molar-refractivity contribution in [3.63, 3.8) is 0 Å². The van der Waals surface area contributed by atoms with Gasteiger partial charge in [-0.3, -0.25) is 62.3 Å². The first-order valence-corrected chi connectivity index (χ1v) is 31.1. The number of nitrogens with one attached hydrogen (secondary N) is 11. The lowest BCUT2D eigenvalue weighted by Crippen LogP contribution is -2.61. The fraction of sp³-hybridized carbons (Fsp3) is 0.559. The average Bonchev–Trinajstić information content (AvgIpc) is 2.62. The molecule has 2 aromatic carbocycles. The van der Waals surface area contributed by atoms with Crippen LogP contribution < -0.4 is 75.7 Å². The Bertz CT molecular complexity index is 2780. The molecule has 0 spiro atoms. The number of hydrogen-bond acceptors (Lipinski definition) is 18. The van der Waals surface area contributed by atoms with Crippen molar-refractivity contribution in [3.8, 4) is 0 Å². The van der Waals surface area contributed by atoms with Gasteiger partial charge in [-0.05, 0) is 87.0 Å². The van der Waals surface area contributed by atoms with Crippen molar-refractivity contribution in [2.45, 2.75) is 159 Å². The molecule has 0 fully saturated rings. The van der Waals surface area contributed by atoms with E-state index in [-0.39, 0.29) is 37.9 Å². The number of carbonyl (C=O) groups excluding carboxylic acids is 12. The Morgan fingerprint density at radius 1 is 0.516 bits per heavy atom. The summed E-state index contributed by atoms with van der Waals surface area (Å²) in [6, 6.07) is 3.26. The Morgan fingerprint density at radius 3 is 1.51 bits per heavy atom. The van der Waals surface area contributed by atoms with Gasteiger partial charge < -0.3 is 91.0 Å². The minimum absolute atomic E-state index is 0.0733. The predicted molar refractivity (Wildman–Crippen MR) is 333 cm³/mol. The van der Waals surface area contributed by atoms with E-state index >= 15 is 0 Å². The number of benzene rings is 2. The monoisotopic (exact) mass is 1300 g/mol. The van der Waals surface area contributed by atoms with Crippen LogP contribution in [-0.2, 0) is 80.0 Å². The van der Waals surface area contributed by atoms with Gasteiger partial charge in [0.05, 0.1) is 32.2 Å². The van der Waals surface area contributed by atoms with Crippen molar-refractivity contribution in [2.75, 3.05) is 38.2 Å². The molecule has 11 atom stereocenters. The Morgan fingerprint density at radius 2 is 0.989 bits per heavy atom. The highest BCUT2D eigenvalue weighted by Gasteiger charge is 2.36. The fourth-order valence-corrected chi connectivity index (χ4v) is 9.18. The second-order valence-electron chi connectivity index (χ2n) is 21.9. The predicted octanol–water partition coefficient (Wildman–Crippen LogP) is -4.18. The number of carboxylic acids is 2. The van der Waals surface area contributed by atoms with Crippen LogP contribution in [0.2, 0.25) is 0 Å². The summed E-state index contributed by atoms with van der Waals surface area (Å²) in [5.74, 6) is -15.0. The molecule has 0 aromatic heterocycles. The number of aliphatic hydroxyl groups excluding tert-OH is 1. The molecule has 0 aliphatic heterocycles. The Labute approximate surface area is 531 Å². The van der Waals surface area contributed by atoms with Gasteiger partial charge >= 0.3 is 11.9 Å². The van der Waals surface area contributed by atoms with E-state index in [1.807, 2.05) is 11.4 Å². The molecule has 0 heterocycles. The summed E-state index contributed by atoms with van der Waals surface area (Å²) in [6.45, 7) is 5.68. The van der Waals surface area contributed by atoms with Gasteiger partial charge in [0.2, 0.25) is 70.9 Å². The summed E-state index contributed by atoms with van der Waals surface area (Å²) < 4.78 is 0. The van der Waals surface area contributed by atoms with E-state index in [1.54, 1.807) is 88.5 Å². The topological polar surface area (TPSA) is 510 Å². The van der Waals surface area contributed by atoms with E-state index in [0.29, 0.717) is 24.9 Å². The number of aliphatic hydroxyl groups is 1. The highest BCUT2D eigenvalue weighted by Crippen LogP contribution is 2.13. The quantitative estimate of drug-likeness (QED) is 0.0280. The summed E-state index contributed by atoms with van der Waals surface area (Å²) in [5.41, 5.74) is 18.4. The second kappa shape index (κ2) is 41.5. The second-order valence-corrected chi connectivity index (χ2v) is 22.9. The van der Waals surface area contributed by atoms with Crippen molar-refractivity contribution in [1.29, 1.82) is 0 Å². The molecule has 0 radical (unpaired) electrons. The Hall–Kier alpha value is -8.75. The smallest absolute Gasteiger partial charge is 0.328 e. The molecule has 0 saturated carbocycles. The highest BCUT2D eigenvalue weighted by molar-refractivity contribution is 7.98. The Kier molecular flexibility index (Phi) is 35.8. The highest BCUT2D eigenvalue weighted by atomic mass is 32.2. The SMILES string of the molecule is CCC(C)C(NC(=O)C(CCC(=O)O)NC(=O)CNC(=O)C(NC(=O)C(Cc1ccccc1)NC(=O)C(C)NC(=O)C(CCCCN)NC(=O)CNC(=O)C(N)Cc1ccccc1)C(C)C)C(=O)NC(CCSC)C(=O)NC(CC(N)=O)C(=O)NC(CO)C(=O)O. The number of thioether (sulfide) groups is 1. The minimum Gasteiger partial charge on any atom is -0.481 e. The van der Waals surface area contributed by atoms with Crippen molar-refractivity contribution >= 4 is 94.6 Å². The van der Waals surface area contributed by atoms with E-state index in [0.717, 1.165) is 5.56 Å². The average molecular weight is 1300 g/mol. The van der Waals surface area contributed by atoms with Crippen molar-refractivity contribution in [3.05, 3.63) is 71.8 Å². The molecule has 0 aliphatic carbocycles. The van der Waals surface area contributed by atoms with Gasteiger partial charge in [-0.15, -0.1) is 0 Å². The first-order chi connectivity index (χ1) is 43.0. The maximum Gasteiger partial charge on any atom is 0.328 e. The van der Waals surface area contributed by atoms with E-state index < -0.39 is 194 Å². The molecular formula is C59H90N14O17S. The van der Waals surface area contributed by atoms with Gasteiger partial charge in [-0.25, -0.2) is 4.79 Å². The lowest BCUT2D eigenvalue weighted by atomic mass is 9.97. The van der Waals surface area contributed by atoms with Gasteiger partial charge in [0.1, 0.15) is 54.4 Å². The zero-order valence-corrected chi connectivity index (χ0v) is 52.8. The molecule has 31 nitrogen and oxygen atoms in total. The third kappa shape index (κ3) is 29.6. The number of nitrogens with two attached hydrogens (primary N) is 3. The van der Waals surface area contributed by atoms with Crippen LogP contribution in [0.4, 0.5) is 0 Å². The molecule has 91 heavy (non-hydrogen) atoms. The van der Waals surface area contributed by atoms with Crippen LogP contribution in [0.1, 0.15) is 97.1 Å². The number of primary amides is 1. The number of amides is 12. The van der Waals surface area contributed by atoms with Crippen LogP contribution in [0.25, 0.3) is 0 Å². The number of rotatable bonds is 43. The summed E-state index contributed by atoms with van der Waals surface area (Å²) >= 11 is 1.27. The lowest BCUT2D eigenvalue weighted by Gasteiger charge is -2.29. The molecule has 0 bridgehead atoms. The molecule has 12 amide bonds. The molecule has 0 aliphatic rings. The molecule has 20 N–H and O–H groups in total. The van der Waals surface area contributed by atoms with Crippen LogP contribution in [0.5, 0.6) is 0 Å². The fourth-order valence-electron chi connectivity index (χ4n) is 8.71. The summed E-state index contributed by atoms with van der Waals surface area (Å²) in [7, 11) is 0. The van der Waals surface area contributed by atoms with Gasteiger partial charge in [0, 0.05) is 12.8 Å². The van der Waals surface area contributed by atoms with Crippen LogP contribution in [0, 0.1) is 11.8 Å². The van der Waals surface area contributed by atoms with Crippen LogP contribution in [0.3, 0.4) is 0 Å². The zero-order valence-electron chi connectivity index (χ0n) is 52.0. The maximum atomic E-state index is 14.2. The summed E-state index contributed by atoms with van der Waals surface area (Å²) in [4.78, 5) is 185. The van der Waals surface area contributed by atoms with E-state index in [9.17, 15) is 82.4 Å². The van der Waals surface area contributed by atoms with E-state index in [1.165, 1.54) is 18.7 Å². The number of hydrogen-bond donors (Lipinski definition) is 17. The first-order valence-electron chi connectivity index (χ1n) is 29.7. The molecule has 11 unspecified atom stereocenters. The number of carboxylic acid groups (broad SMARTS) is 2. The van der Waals surface area contributed by atoms with Crippen molar-refractivity contribution < 1.29 is 82.4 Å². The Balaban J connectivity index is 2.26. The number of aliphatic carboxylic acids is 2. The van der Waals surface area contributed by atoms with E-state index in [4.69, 9.17) is 17.2 Å². The molecule has 2 aromatic rings. The van der Waals surface area contributed by atoms with Gasteiger partial charge in [-0.2, -0.15) is 11.8 Å². The standard InChI is InChI=1S/C59H90N14O17S/c1-7-33(4)49(58(88)68-40(23-25-91-6)53(83)70-42(28-44(62)75)55(85)71-43(31-74)59(89)90)73-54(84)39(21-22-47(78)79)67-46(77)30-64-57(87)48(32(2)3)72-56(86)41(27-36-18-12-9-13-19-36)69-50(80)34(5)65-52(82)38(20-14-15-24-60)66-45(76)29-63-51(81)37(61)26-35-16-10-8-11-17-35/h8-13,16-19,32-34,37-43,48-49,74H,7,14-15,20-31,60-61H2,1-6H3,(H2,62,75)(H,63,81)(H,64,87)(H,65,82)(H,66,76)(H,67,77)(H,68,88)(H,69,80)(H,70,83)(H,71,85)(H,72,86)(H,73,84)(H,78,79)(H,89,90). The third-order valence-electron chi connectivity index (χ3n) is 14.2. The van der Waals surface area contributed by atoms with Gasteiger partial charge in [-0.1, -0.05) is 94.8 Å². The molecule has 504 valence electrons. The normalized spacial score (nSPS) is 14.6. The minimum atomic E-state index is -1.81. The van der Waals surface area contributed by atoms with E-state index in [2.05, 4.69) is 53.2 Å².